The summed E-state index contributed by atoms with van der Waals surface area (Å²) in [4.78, 5) is 55.4. The number of aliphatic hydroxyl groups excluding tert-OH is 6. The highest BCUT2D eigenvalue weighted by atomic mass is 19.2. The smallest absolute Gasteiger partial charge is 0.410 e. The topological polar surface area (TPSA) is 266 Å². The lowest BCUT2D eigenvalue weighted by Gasteiger charge is -2.33. The molecule has 622 valence electrons. The van der Waals surface area contributed by atoms with Gasteiger partial charge in [0.15, 0.2) is 69.9 Å². The van der Waals surface area contributed by atoms with E-state index in [2.05, 4.69) is 34.9 Å². The molecule has 1 amide bonds. The summed E-state index contributed by atoms with van der Waals surface area (Å²) in [5.41, 5.74) is 9.41. The number of H-pyrrole nitrogens is 1. The average Bonchev–Trinajstić information content (AvgIpc) is 1.63. The second kappa shape index (κ2) is 38.2. The third-order valence-corrected chi connectivity index (χ3v) is 23.2. The second-order valence-electron chi connectivity index (χ2n) is 30.7. The zero-order valence-electron chi connectivity index (χ0n) is 64.6. The SMILES string of the molecule is Fc1cccc([C@@H]2CC=Cc3ncccc3C2)c1F.O=C(O[C@H]1c2ncccc2C[C@H](c2cccc(F)c2F)C[C@H]1O)N1CCC(n2c(=O)[nH]c3ncccc32)CC1.O[C@@H]1CC[C@@H](c2cccc(F)c2F)Cc2cccnc21.O[C@@H]1C[C@@H](c2cccc(F)c2F)Cc2cccnc2[C@@H]1O.O[C@@H]1c2ncccc2C[C@H](c2cccc(F)c2F)C[C@@H]1O. The lowest BCUT2D eigenvalue weighted by Crippen LogP contribution is -2.42. The Hall–Kier alpha value is -11.7. The fourth-order valence-electron chi connectivity index (χ4n) is 17.1. The maximum atomic E-state index is 14.6. The van der Waals surface area contributed by atoms with Crippen LogP contribution in [0.1, 0.15) is 196 Å². The number of nitrogens with one attached hydrogen (secondary N) is 1. The van der Waals surface area contributed by atoms with E-state index in [4.69, 9.17) is 4.74 Å². The van der Waals surface area contributed by atoms with Crippen LogP contribution in [0.2, 0.25) is 0 Å². The molecule has 1 aliphatic heterocycles. The number of ether oxygens (including phenoxy) is 1. The van der Waals surface area contributed by atoms with Gasteiger partial charge in [-0.2, -0.15) is 0 Å². The van der Waals surface area contributed by atoms with Crippen molar-refractivity contribution in [2.45, 2.75) is 162 Å². The van der Waals surface area contributed by atoms with E-state index in [-0.39, 0.29) is 59.5 Å². The molecule has 120 heavy (non-hydrogen) atoms. The van der Waals surface area contributed by atoms with Gasteiger partial charge in [0, 0.05) is 56.3 Å². The van der Waals surface area contributed by atoms with E-state index in [0.29, 0.717) is 122 Å². The molecule has 18 nitrogen and oxygen atoms in total. The summed E-state index contributed by atoms with van der Waals surface area (Å²) in [6.07, 6.45) is 11.4. The van der Waals surface area contributed by atoms with Crippen molar-refractivity contribution in [2.24, 2.45) is 0 Å². The molecule has 7 N–H and O–H groups in total. The molecule has 8 heterocycles. The normalized spacial score (nSPS) is 22.5. The zero-order chi connectivity index (χ0) is 84.4. The summed E-state index contributed by atoms with van der Waals surface area (Å²) in [6, 6.07) is 42.3. The summed E-state index contributed by atoms with van der Waals surface area (Å²) in [5.74, 6) is -10.1. The first-order valence-electron chi connectivity index (χ1n) is 39.6. The van der Waals surface area contributed by atoms with Crippen molar-refractivity contribution in [3.63, 3.8) is 0 Å². The van der Waals surface area contributed by atoms with Crippen molar-refractivity contribution >= 4 is 23.3 Å². The van der Waals surface area contributed by atoms with Crippen molar-refractivity contribution in [3.05, 3.63) is 360 Å². The summed E-state index contributed by atoms with van der Waals surface area (Å²) in [7, 11) is 0. The lowest BCUT2D eigenvalue weighted by molar-refractivity contribution is -0.0218. The number of aromatic amines is 1. The van der Waals surface area contributed by atoms with E-state index in [1.807, 2.05) is 36.4 Å². The number of amides is 1. The number of aliphatic hydroxyl groups is 6. The molecular weight excluding hydrogens is 1570 g/mol. The van der Waals surface area contributed by atoms with Crippen LogP contribution in [0.3, 0.4) is 0 Å². The molecule has 1 saturated heterocycles. The Kier molecular flexibility index (Phi) is 27.0. The minimum Gasteiger partial charge on any atom is -0.437 e. The third-order valence-electron chi connectivity index (χ3n) is 23.2. The summed E-state index contributed by atoms with van der Waals surface area (Å²) in [5, 5.41) is 61.6. The number of pyridine rings is 6. The number of hydrogen-bond acceptors (Lipinski definition) is 15. The Balaban J connectivity index is 0.000000127. The molecular formula is C92H85F10N9O9. The van der Waals surface area contributed by atoms with Crippen LogP contribution in [-0.4, -0.2) is 112 Å². The molecule has 12 aromatic rings. The molecule has 28 heteroatoms. The van der Waals surface area contributed by atoms with Crippen LogP contribution in [-0.2, 0) is 36.8 Å². The van der Waals surface area contributed by atoms with Crippen molar-refractivity contribution in [3.8, 4) is 0 Å². The zero-order valence-corrected chi connectivity index (χ0v) is 64.6. The number of benzene rings is 5. The number of halogens is 10. The molecule has 7 aromatic heterocycles. The van der Waals surface area contributed by atoms with Gasteiger partial charge in [0.05, 0.1) is 58.4 Å². The highest BCUT2D eigenvalue weighted by Crippen LogP contribution is 2.43. The van der Waals surface area contributed by atoms with Crippen molar-refractivity contribution in [2.75, 3.05) is 13.1 Å². The first-order chi connectivity index (χ1) is 58.0. The molecule has 5 aliphatic carbocycles. The first-order valence-corrected chi connectivity index (χ1v) is 39.6. The predicted molar refractivity (Wildman–Crippen MR) is 424 cm³/mol. The van der Waals surface area contributed by atoms with Gasteiger partial charge in [0.1, 0.15) is 12.2 Å². The van der Waals surface area contributed by atoms with Gasteiger partial charge in [0.2, 0.25) is 0 Å². The number of carbonyl (C=O) groups excluding carboxylic acids is 1. The number of aromatic nitrogens is 8. The number of likely N-dealkylation sites (tertiary alicyclic amines) is 1. The molecule has 12 atom stereocenters. The van der Waals surface area contributed by atoms with Crippen LogP contribution < -0.4 is 5.69 Å². The molecule has 1 fully saturated rings. The Morgan fingerprint density at radius 3 is 1.25 bits per heavy atom. The van der Waals surface area contributed by atoms with E-state index < -0.39 is 125 Å². The van der Waals surface area contributed by atoms with Crippen LogP contribution >= 0.6 is 0 Å². The van der Waals surface area contributed by atoms with E-state index in [1.165, 1.54) is 54.9 Å². The van der Waals surface area contributed by atoms with Gasteiger partial charge in [0.25, 0.3) is 0 Å². The highest BCUT2D eigenvalue weighted by Gasteiger charge is 2.40. The van der Waals surface area contributed by atoms with E-state index in [1.54, 1.807) is 101 Å². The molecule has 0 saturated carbocycles. The Morgan fingerprint density at radius 1 is 0.392 bits per heavy atom. The minimum atomic E-state index is -1.17. The van der Waals surface area contributed by atoms with Gasteiger partial charge in [-0.25, -0.2) is 58.5 Å². The molecule has 18 rings (SSSR count). The standard InChI is InChI=1S/C28H27F2N5O4.2C16H15F2NO2.C16H15F2NO.C16H13F2N/c29-20-6-1-5-19(23(20)30)17-14-16-4-2-10-31-24(16)25(22(36)15-17)39-28(38)34-12-8-18(9-13-34)35-21-7-3-11-32-26(21)33-27(35)37;2*17-12-5-1-4-11(14(12)18)10-7-9-3-2-6-19-15(9)16(21)13(20)8-10;17-13-5-1-4-12(15(13)18)10-6-7-14(20)16-11(9-10)3-2-8-19-16;17-14-7-2-6-13(16(14)18)11-4-1-8-15-12(10-11)5-3-9-19-15/h1-7,10-11,17-18,22,25,36H,8-9,12-15H2,(H,32,33,37);2*1-6,10,13,16,20-21H,7-8H2;1-5,8,10,14,20H,6-7,9H2;1-3,5-9,11H,4,10H2/t17-,22+,25+;10-,13+,16+;10-,13-,16-;10-,14-;11-/m00011/s1. The Labute approximate surface area is 683 Å². The molecule has 0 bridgehead atoms. The largest absolute Gasteiger partial charge is 0.437 e. The summed E-state index contributed by atoms with van der Waals surface area (Å²) < 4.78 is 145. The first kappa shape index (κ1) is 84.8. The number of nitrogens with zero attached hydrogens (tertiary/aromatic N) is 8. The quantitative estimate of drug-likeness (QED) is 0.0578. The number of allylic oxidation sites excluding steroid dienone is 1. The van der Waals surface area contributed by atoms with Crippen molar-refractivity contribution < 1.29 is 84.1 Å². The number of piperidine rings is 1. The number of hydrogen-bond donors (Lipinski definition) is 7. The Bertz CT molecular complexity index is 5600. The molecule has 6 aliphatic rings. The fraction of sp³-hybridized carbons (Fsp3) is 0.304. The molecule has 5 aromatic carbocycles. The van der Waals surface area contributed by atoms with Gasteiger partial charge in [-0.05, 0) is 248 Å². The minimum absolute atomic E-state index is 0.0441. The van der Waals surface area contributed by atoms with Gasteiger partial charge in [-0.15, -0.1) is 0 Å². The van der Waals surface area contributed by atoms with Gasteiger partial charge in [-0.1, -0.05) is 97.1 Å². The fourth-order valence-corrected chi connectivity index (χ4v) is 17.1. The Morgan fingerprint density at radius 2 is 0.767 bits per heavy atom. The lowest BCUT2D eigenvalue weighted by atomic mass is 9.89. The van der Waals surface area contributed by atoms with Crippen LogP contribution in [0.25, 0.3) is 17.2 Å². The summed E-state index contributed by atoms with van der Waals surface area (Å²) in [6.45, 7) is 0.718. The number of fused-ring (bicyclic) bond motifs is 6. The van der Waals surface area contributed by atoms with E-state index in [9.17, 15) is 84.1 Å². The average molecular weight is 1650 g/mol. The van der Waals surface area contributed by atoms with Gasteiger partial charge in [-0.3, -0.25) is 34.5 Å². The molecule has 0 radical (unpaired) electrons. The van der Waals surface area contributed by atoms with E-state index >= 15 is 0 Å². The number of carbonyl (C=O) groups is 1. The van der Waals surface area contributed by atoms with Crippen LogP contribution in [0, 0.1) is 58.2 Å². The summed E-state index contributed by atoms with van der Waals surface area (Å²) >= 11 is 0. The van der Waals surface area contributed by atoms with Crippen LogP contribution in [0.4, 0.5) is 48.7 Å². The predicted octanol–water partition coefficient (Wildman–Crippen LogP) is 16.6. The highest BCUT2D eigenvalue weighted by molar-refractivity contribution is 5.71. The second-order valence-corrected chi connectivity index (χ2v) is 30.7. The third kappa shape index (κ3) is 19.0. The van der Waals surface area contributed by atoms with Gasteiger partial charge >= 0.3 is 11.8 Å². The number of imidazole rings is 1. The van der Waals surface area contributed by atoms with Crippen molar-refractivity contribution in [1.82, 2.24) is 44.4 Å². The van der Waals surface area contributed by atoms with Crippen LogP contribution in [0.15, 0.2) is 212 Å². The monoisotopic (exact) mass is 1650 g/mol. The maximum absolute atomic E-state index is 14.6. The molecule has 0 spiro atoms. The molecule has 0 unspecified atom stereocenters. The van der Waals surface area contributed by atoms with Gasteiger partial charge < -0.3 is 40.3 Å². The van der Waals surface area contributed by atoms with Crippen molar-refractivity contribution in [1.29, 1.82) is 0 Å². The maximum Gasteiger partial charge on any atom is 0.410 e. The van der Waals surface area contributed by atoms with Crippen LogP contribution in [0.5, 0.6) is 0 Å². The van der Waals surface area contributed by atoms with E-state index in [0.717, 1.165) is 63.8 Å². The number of rotatable bonds is 7.